The van der Waals surface area contributed by atoms with Gasteiger partial charge in [-0.15, -0.1) is 0 Å². The monoisotopic (exact) mass is 324 g/mol. The molecule has 2 N–H and O–H groups in total. The van der Waals surface area contributed by atoms with Crippen molar-refractivity contribution in [3.05, 3.63) is 54.2 Å². The van der Waals surface area contributed by atoms with E-state index in [1.165, 1.54) is 5.56 Å². The topological polar surface area (TPSA) is 63.7 Å². The van der Waals surface area contributed by atoms with Crippen LogP contribution in [0.5, 0.6) is 5.75 Å². The highest BCUT2D eigenvalue weighted by atomic mass is 16.5. The van der Waals surface area contributed by atoms with E-state index in [4.69, 9.17) is 15.6 Å². The maximum Gasteiger partial charge on any atom is 0.149 e. The molecule has 5 nitrogen and oxygen atoms in total. The lowest BCUT2D eigenvalue weighted by Gasteiger charge is -2.23. The Morgan fingerprint density at radius 3 is 2.71 bits per heavy atom. The fourth-order valence-electron chi connectivity index (χ4n) is 2.86. The highest BCUT2D eigenvalue weighted by Gasteiger charge is 2.29. The molecule has 0 fully saturated rings. The van der Waals surface area contributed by atoms with Gasteiger partial charge >= 0.3 is 0 Å². The largest absolute Gasteiger partial charge is 0.494 e. The van der Waals surface area contributed by atoms with Crippen molar-refractivity contribution in [2.45, 2.75) is 32.2 Å². The van der Waals surface area contributed by atoms with E-state index < -0.39 is 0 Å². The molecule has 0 aliphatic carbocycles. The number of benzene rings is 1. The summed E-state index contributed by atoms with van der Waals surface area (Å²) in [4.78, 5) is 4.45. The Balaban J connectivity index is 1.82. The first-order valence-electron chi connectivity index (χ1n) is 8.51. The SMILES string of the molecule is CCCOc1ccc(C2CC(CCN)=NN2c2ccccn2)cc1. The zero-order chi connectivity index (χ0) is 16.8. The van der Waals surface area contributed by atoms with Crippen molar-refractivity contribution >= 4 is 11.5 Å². The van der Waals surface area contributed by atoms with Crippen LogP contribution < -0.4 is 15.5 Å². The van der Waals surface area contributed by atoms with E-state index in [0.29, 0.717) is 6.54 Å². The lowest BCUT2D eigenvalue weighted by Crippen LogP contribution is -2.19. The molecule has 0 amide bonds. The Morgan fingerprint density at radius 1 is 1.21 bits per heavy atom. The summed E-state index contributed by atoms with van der Waals surface area (Å²) in [6.45, 7) is 3.46. The van der Waals surface area contributed by atoms with E-state index in [2.05, 4.69) is 24.0 Å². The number of nitrogens with zero attached hydrogens (tertiary/aromatic N) is 3. The molecule has 0 saturated carbocycles. The maximum absolute atomic E-state index is 5.71. The van der Waals surface area contributed by atoms with Gasteiger partial charge in [0.1, 0.15) is 11.6 Å². The Morgan fingerprint density at radius 2 is 2.04 bits per heavy atom. The van der Waals surface area contributed by atoms with E-state index in [1.807, 2.05) is 35.3 Å². The molecule has 24 heavy (non-hydrogen) atoms. The van der Waals surface area contributed by atoms with Gasteiger partial charge in [0, 0.05) is 18.3 Å². The Labute approximate surface area is 143 Å². The average molecular weight is 324 g/mol. The van der Waals surface area contributed by atoms with Crippen LogP contribution in [0.25, 0.3) is 0 Å². The molecule has 0 spiro atoms. The van der Waals surface area contributed by atoms with Crippen LogP contribution >= 0.6 is 0 Å². The number of anilines is 1. The summed E-state index contributed by atoms with van der Waals surface area (Å²) in [5.74, 6) is 1.77. The first-order chi connectivity index (χ1) is 11.8. The molecule has 3 rings (SSSR count). The fraction of sp³-hybridized carbons (Fsp3) is 0.368. The normalized spacial score (nSPS) is 17.0. The number of aromatic nitrogens is 1. The van der Waals surface area contributed by atoms with Gasteiger partial charge in [-0.05, 0) is 49.2 Å². The summed E-state index contributed by atoms with van der Waals surface area (Å²) < 4.78 is 5.67. The van der Waals surface area contributed by atoms with E-state index in [9.17, 15) is 0 Å². The first-order valence-corrected chi connectivity index (χ1v) is 8.51. The van der Waals surface area contributed by atoms with Crippen molar-refractivity contribution in [2.24, 2.45) is 10.8 Å². The molecule has 126 valence electrons. The summed E-state index contributed by atoms with van der Waals surface area (Å²) in [6, 6.07) is 14.3. The van der Waals surface area contributed by atoms with E-state index in [1.54, 1.807) is 6.20 Å². The van der Waals surface area contributed by atoms with Gasteiger partial charge in [0.25, 0.3) is 0 Å². The number of pyridine rings is 1. The molecule has 1 aliphatic rings. The highest BCUT2D eigenvalue weighted by molar-refractivity contribution is 5.88. The molecule has 1 atom stereocenters. The molecule has 2 aromatic rings. The summed E-state index contributed by atoms with van der Waals surface area (Å²) in [6.07, 6.45) is 4.50. The Hall–Kier alpha value is -2.40. The number of ether oxygens (including phenoxy) is 1. The second-order valence-corrected chi connectivity index (χ2v) is 5.87. The predicted molar refractivity (Wildman–Crippen MR) is 97.4 cm³/mol. The van der Waals surface area contributed by atoms with Crippen LogP contribution in [-0.4, -0.2) is 23.8 Å². The van der Waals surface area contributed by atoms with Crippen LogP contribution in [0.4, 0.5) is 5.82 Å². The van der Waals surface area contributed by atoms with Gasteiger partial charge in [0.15, 0.2) is 0 Å². The maximum atomic E-state index is 5.71. The van der Waals surface area contributed by atoms with Crippen molar-refractivity contribution in [1.29, 1.82) is 0 Å². The lowest BCUT2D eigenvalue weighted by atomic mass is 10.0. The molecule has 0 radical (unpaired) electrons. The summed E-state index contributed by atoms with van der Waals surface area (Å²) in [5, 5.41) is 6.76. The zero-order valence-corrected chi connectivity index (χ0v) is 14.1. The van der Waals surface area contributed by atoms with Gasteiger partial charge in [0.05, 0.1) is 12.6 Å². The third-order valence-corrected chi connectivity index (χ3v) is 4.03. The number of nitrogens with two attached hydrogens (primary N) is 1. The summed E-state index contributed by atoms with van der Waals surface area (Å²) >= 11 is 0. The molecule has 1 aromatic heterocycles. The van der Waals surface area contributed by atoms with Gasteiger partial charge in [-0.1, -0.05) is 25.1 Å². The third-order valence-electron chi connectivity index (χ3n) is 4.03. The average Bonchev–Trinajstić information content (AvgIpc) is 3.05. The minimum Gasteiger partial charge on any atom is -0.494 e. The second kappa shape index (κ2) is 7.93. The molecular weight excluding hydrogens is 300 g/mol. The second-order valence-electron chi connectivity index (χ2n) is 5.87. The van der Waals surface area contributed by atoms with E-state index in [0.717, 1.165) is 43.1 Å². The van der Waals surface area contributed by atoms with Gasteiger partial charge in [-0.2, -0.15) is 5.10 Å². The van der Waals surface area contributed by atoms with Gasteiger partial charge in [-0.25, -0.2) is 9.99 Å². The molecule has 1 aliphatic heterocycles. The quantitative estimate of drug-likeness (QED) is 0.846. The molecule has 2 heterocycles. The molecule has 0 saturated heterocycles. The molecular formula is C19H24N4O. The lowest BCUT2D eigenvalue weighted by molar-refractivity contribution is 0.317. The van der Waals surface area contributed by atoms with Crippen LogP contribution in [-0.2, 0) is 0 Å². The van der Waals surface area contributed by atoms with E-state index in [-0.39, 0.29) is 6.04 Å². The third kappa shape index (κ3) is 3.74. The van der Waals surface area contributed by atoms with Gasteiger partial charge < -0.3 is 10.5 Å². The van der Waals surface area contributed by atoms with Crippen LogP contribution in [0.2, 0.25) is 0 Å². The van der Waals surface area contributed by atoms with Crippen molar-refractivity contribution in [3.63, 3.8) is 0 Å². The van der Waals surface area contributed by atoms with Crippen LogP contribution in [0.15, 0.2) is 53.8 Å². The van der Waals surface area contributed by atoms with Crippen molar-refractivity contribution in [2.75, 3.05) is 18.2 Å². The van der Waals surface area contributed by atoms with Gasteiger partial charge in [0.2, 0.25) is 0 Å². The fourth-order valence-corrected chi connectivity index (χ4v) is 2.86. The summed E-state index contributed by atoms with van der Waals surface area (Å²) in [5.41, 5.74) is 8.04. The Kier molecular flexibility index (Phi) is 5.43. The van der Waals surface area contributed by atoms with Crippen LogP contribution in [0.1, 0.15) is 37.8 Å². The molecule has 1 unspecified atom stereocenters. The highest BCUT2D eigenvalue weighted by Crippen LogP contribution is 2.35. The number of hydrogen-bond acceptors (Lipinski definition) is 5. The molecule has 0 bridgehead atoms. The van der Waals surface area contributed by atoms with Crippen molar-refractivity contribution in [1.82, 2.24) is 4.98 Å². The smallest absolute Gasteiger partial charge is 0.149 e. The Bertz CT molecular complexity index is 670. The standard InChI is InChI=1S/C19H24N4O/c1-2-13-24-17-8-6-15(7-9-17)18-14-16(10-11-20)22-23(18)19-5-3-4-12-21-19/h3-9,12,18H,2,10-11,13-14,20H2,1H3. The minimum atomic E-state index is 0.154. The molecule has 5 heteroatoms. The minimum absolute atomic E-state index is 0.154. The van der Waals surface area contributed by atoms with E-state index >= 15 is 0 Å². The van der Waals surface area contributed by atoms with Crippen LogP contribution in [0, 0.1) is 0 Å². The van der Waals surface area contributed by atoms with Crippen molar-refractivity contribution < 1.29 is 4.74 Å². The van der Waals surface area contributed by atoms with Crippen molar-refractivity contribution in [3.8, 4) is 5.75 Å². The number of rotatable bonds is 7. The summed E-state index contributed by atoms with van der Waals surface area (Å²) in [7, 11) is 0. The van der Waals surface area contributed by atoms with Crippen LogP contribution in [0.3, 0.4) is 0 Å². The first kappa shape index (κ1) is 16.5. The predicted octanol–water partition coefficient (Wildman–Crippen LogP) is 3.53. The number of hydrogen-bond donors (Lipinski definition) is 1. The molecule has 1 aromatic carbocycles. The zero-order valence-electron chi connectivity index (χ0n) is 14.1. The van der Waals surface area contributed by atoms with Gasteiger partial charge in [-0.3, -0.25) is 0 Å². The number of hydrazone groups is 1.